The molecule has 19 heavy (non-hydrogen) atoms. The van der Waals surface area contributed by atoms with E-state index in [0.29, 0.717) is 12.0 Å². The molecule has 1 N–H and O–H groups in total. The standard InChI is InChI=1S/C12H15N3O4/c1-4-8-5-10(15(18)19)13-6-9(8)12(17)14-11(16)7(2)3/h5-7H,4H2,1-3H3,(H,14,16,17). The maximum Gasteiger partial charge on any atom is 0.363 e. The van der Waals surface area contributed by atoms with Gasteiger partial charge in [0, 0.05) is 12.0 Å². The molecule has 7 heteroatoms. The van der Waals surface area contributed by atoms with Gasteiger partial charge in [-0.25, -0.2) is 0 Å². The molecule has 0 unspecified atom stereocenters. The first-order chi connectivity index (χ1) is 8.86. The van der Waals surface area contributed by atoms with Gasteiger partial charge >= 0.3 is 5.82 Å². The normalized spacial score (nSPS) is 10.3. The molecule has 0 aliphatic heterocycles. The Labute approximate surface area is 110 Å². The maximum atomic E-state index is 11.9. The lowest BCUT2D eigenvalue weighted by atomic mass is 10.1. The Morgan fingerprint density at radius 2 is 2.11 bits per heavy atom. The summed E-state index contributed by atoms with van der Waals surface area (Å²) in [5, 5.41) is 12.8. The zero-order chi connectivity index (χ0) is 14.6. The molecule has 0 fully saturated rings. The first-order valence-electron chi connectivity index (χ1n) is 5.85. The van der Waals surface area contributed by atoms with Crippen molar-refractivity contribution in [1.82, 2.24) is 10.3 Å². The van der Waals surface area contributed by atoms with Gasteiger partial charge in [0.15, 0.2) is 6.20 Å². The van der Waals surface area contributed by atoms with Crippen molar-refractivity contribution < 1.29 is 14.5 Å². The first-order valence-corrected chi connectivity index (χ1v) is 5.85. The van der Waals surface area contributed by atoms with Crippen LogP contribution in [0.25, 0.3) is 0 Å². The summed E-state index contributed by atoms with van der Waals surface area (Å²) in [6, 6.07) is 1.24. The Kier molecular flexibility index (Phi) is 4.68. The van der Waals surface area contributed by atoms with Crippen LogP contribution in [-0.4, -0.2) is 21.7 Å². The van der Waals surface area contributed by atoms with Gasteiger partial charge < -0.3 is 10.1 Å². The third-order valence-electron chi connectivity index (χ3n) is 2.55. The number of pyridine rings is 1. The second kappa shape index (κ2) is 6.03. The quantitative estimate of drug-likeness (QED) is 0.655. The smallest absolute Gasteiger partial charge is 0.358 e. The van der Waals surface area contributed by atoms with Crippen molar-refractivity contribution in [2.24, 2.45) is 5.92 Å². The zero-order valence-electron chi connectivity index (χ0n) is 11.0. The third kappa shape index (κ3) is 3.57. The van der Waals surface area contributed by atoms with Crippen molar-refractivity contribution >= 4 is 17.6 Å². The van der Waals surface area contributed by atoms with E-state index >= 15 is 0 Å². The van der Waals surface area contributed by atoms with E-state index in [1.165, 1.54) is 6.07 Å². The van der Waals surface area contributed by atoms with Crippen LogP contribution in [0.5, 0.6) is 0 Å². The molecule has 1 aromatic rings. The van der Waals surface area contributed by atoms with Crippen LogP contribution < -0.4 is 5.32 Å². The van der Waals surface area contributed by atoms with Crippen molar-refractivity contribution in [2.75, 3.05) is 0 Å². The molecule has 0 saturated heterocycles. The minimum absolute atomic E-state index is 0.183. The van der Waals surface area contributed by atoms with Crippen LogP contribution in [-0.2, 0) is 11.2 Å². The number of nitrogens with one attached hydrogen (secondary N) is 1. The van der Waals surface area contributed by atoms with Gasteiger partial charge in [-0.3, -0.25) is 14.9 Å². The van der Waals surface area contributed by atoms with Crippen molar-refractivity contribution in [3.63, 3.8) is 0 Å². The van der Waals surface area contributed by atoms with Gasteiger partial charge in [-0.1, -0.05) is 20.8 Å². The summed E-state index contributed by atoms with van der Waals surface area (Å²) in [5.41, 5.74) is 0.665. The predicted molar refractivity (Wildman–Crippen MR) is 67.6 cm³/mol. The van der Waals surface area contributed by atoms with E-state index in [9.17, 15) is 19.7 Å². The number of carbonyl (C=O) groups is 2. The zero-order valence-corrected chi connectivity index (χ0v) is 11.0. The van der Waals surface area contributed by atoms with Crippen LogP contribution in [0.15, 0.2) is 12.3 Å². The maximum absolute atomic E-state index is 11.9. The van der Waals surface area contributed by atoms with Crippen molar-refractivity contribution in [3.8, 4) is 0 Å². The number of aryl methyl sites for hydroxylation is 1. The summed E-state index contributed by atoms with van der Waals surface area (Å²) in [4.78, 5) is 36.9. The van der Waals surface area contributed by atoms with Gasteiger partial charge in [-0.05, 0) is 21.9 Å². The minimum atomic E-state index is -0.625. The van der Waals surface area contributed by atoms with Crippen LogP contribution in [0, 0.1) is 16.0 Å². The Balaban J connectivity index is 3.03. The van der Waals surface area contributed by atoms with Gasteiger partial charge in [0.1, 0.15) is 0 Å². The average molecular weight is 265 g/mol. The number of nitrogens with zero attached hydrogens (tertiary/aromatic N) is 2. The lowest BCUT2D eigenvalue weighted by Gasteiger charge is -2.08. The van der Waals surface area contributed by atoms with Crippen LogP contribution >= 0.6 is 0 Å². The van der Waals surface area contributed by atoms with Crippen molar-refractivity contribution in [3.05, 3.63) is 33.5 Å². The summed E-state index contributed by atoms with van der Waals surface area (Å²) in [6.45, 7) is 5.09. The number of imide groups is 1. The lowest BCUT2D eigenvalue weighted by Crippen LogP contribution is -2.34. The number of hydrogen-bond donors (Lipinski definition) is 1. The molecule has 0 saturated carbocycles. The molecular weight excluding hydrogens is 250 g/mol. The van der Waals surface area contributed by atoms with E-state index in [4.69, 9.17) is 0 Å². The summed E-state index contributed by atoms with van der Waals surface area (Å²) in [7, 11) is 0. The number of amides is 2. The Hall–Kier alpha value is -2.31. The van der Waals surface area contributed by atoms with Crippen LogP contribution in [0.3, 0.4) is 0 Å². The number of hydrogen-bond acceptors (Lipinski definition) is 5. The fourth-order valence-electron chi connectivity index (χ4n) is 1.40. The highest BCUT2D eigenvalue weighted by molar-refractivity contribution is 6.05. The fraction of sp³-hybridized carbons (Fsp3) is 0.417. The van der Waals surface area contributed by atoms with E-state index in [1.807, 2.05) is 0 Å². The highest BCUT2D eigenvalue weighted by Gasteiger charge is 2.20. The van der Waals surface area contributed by atoms with E-state index in [1.54, 1.807) is 20.8 Å². The number of carbonyl (C=O) groups excluding carboxylic acids is 2. The Morgan fingerprint density at radius 3 is 2.58 bits per heavy atom. The molecular formula is C12H15N3O4. The summed E-state index contributed by atoms with van der Waals surface area (Å²) >= 11 is 0. The number of aromatic nitrogens is 1. The fourth-order valence-corrected chi connectivity index (χ4v) is 1.40. The molecule has 1 heterocycles. The summed E-state index contributed by atoms with van der Waals surface area (Å²) in [6.07, 6.45) is 1.56. The SMILES string of the molecule is CCc1cc([N+](=O)[O-])ncc1C(=O)NC(=O)C(C)C. The topological polar surface area (TPSA) is 102 Å². The number of nitro groups is 1. The van der Waals surface area contributed by atoms with Crippen LogP contribution in [0.4, 0.5) is 5.82 Å². The van der Waals surface area contributed by atoms with E-state index < -0.39 is 16.7 Å². The third-order valence-corrected chi connectivity index (χ3v) is 2.55. The summed E-state index contributed by atoms with van der Waals surface area (Å²) in [5.74, 6) is -1.62. The molecule has 2 amide bonds. The largest absolute Gasteiger partial charge is 0.363 e. The van der Waals surface area contributed by atoms with Gasteiger partial charge in [-0.2, -0.15) is 0 Å². The Bertz CT molecular complexity index is 526. The highest BCUT2D eigenvalue weighted by Crippen LogP contribution is 2.15. The minimum Gasteiger partial charge on any atom is -0.358 e. The van der Waals surface area contributed by atoms with E-state index in [-0.39, 0.29) is 17.3 Å². The molecule has 0 bridgehead atoms. The van der Waals surface area contributed by atoms with Crippen molar-refractivity contribution in [1.29, 1.82) is 0 Å². The van der Waals surface area contributed by atoms with Crippen LogP contribution in [0.1, 0.15) is 36.7 Å². The second-order valence-corrected chi connectivity index (χ2v) is 4.28. The average Bonchev–Trinajstić information content (AvgIpc) is 2.37. The lowest BCUT2D eigenvalue weighted by molar-refractivity contribution is -0.389. The molecule has 0 atom stereocenters. The van der Waals surface area contributed by atoms with Crippen LogP contribution in [0.2, 0.25) is 0 Å². The predicted octanol–water partition coefficient (Wildman–Crippen LogP) is 1.46. The molecule has 0 spiro atoms. The molecule has 0 aliphatic rings. The molecule has 0 radical (unpaired) electrons. The molecule has 7 nitrogen and oxygen atoms in total. The first kappa shape index (κ1) is 14.7. The van der Waals surface area contributed by atoms with Gasteiger partial charge in [-0.15, -0.1) is 0 Å². The molecule has 1 rings (SSSR count). The molecule has 102 valence electrons. The summed E-state index contributed by atoms with van der Waals surface area (Å²) < 4.78 is 0. The number of rotatable bonds is 4. The molecule has 0 aliphatic carbocycles. The Morgan fingerprint density at radius 1 is 1.47 bits per heavy atom. The van der Waals surface area contributed by atoms with Gasteiger partial charge in [0.2, 0.25) is 5.91 Å². The van der Waals surface area contributed by atoms with E-state index in [2.05, 4.69) is 10.3 Å². The van der Waals surface area contributed by atoms with E-state index in [0.717, 1.165) is 6.20 Å². The van der Waals surface area contributed by atoms with Gasteiger partial charge in [0.05, 0.1) is 5.56 Å². The molecule has 0 aromatic carbocycles. The highest BCUT2D eigenvalue weighted by atomic mass is 16.6. The van der Waals surface area contributed by atoms with Gasteiger partial charge in [0.25, 0.3) is 5.91 Å². The molecule has 1 aromatic heterocycles. The second-order valence-electron chi connectivity index (χ2n) is 4.28. The van der Waals surface area contributed by atoms with Crippen molar-refractivity contribution in [2.45, 2.75) is 27.2 Å². The monoisotopic (exact) mass is 265 g/mol.